The molecule has 0 unspecified atom stereocenters. The molecule has 0 radical (unpaired) electrons. The summed E-state index contributed by atoms with van der Waals surface area (Å²) in [6.45, 7) is 0.620. The van der Waals surface area contributed by atoms with Crippen molar-refractivity contribution in [2.45, 2.75) is 11.7 Å². The Bertz CT molecular complexity index is 1290. The molecule has 4 aromatic rings. The van der Waals surface area contributed by atoms with E-state index < -0.39 is 0 Å². The maximum atomic E-state index is 12.3. The van der Waals surface area contributed by atoms with E-state index in [4.69, 9.17) is 39.8 Å². The number of para-hydroxylation sites is 2. The number of carbonyl (C=O) groups excluding carboxylic acids is 1. The summed E-state index contributed by atoms with van der Waals surface area (Å²) < 4.78 is 2.09. The lowest BCUT2D eigenvalue weighted by atomic mass is 10.2. The van der Waals surface area contributed by atoms with Gasteiger partial charge in [0.05, 0.1) is 34.6 Å². The minimum absolute atomic E-state index is 0.162. The van der Waals surface area contributed by atoms with Crippen LogP contribution in [0, 0.1) is 0 Å². The van der Waals surface area contributed by atoms with Gasteiger partial charge in [-0.15, -0.1) is 0 Å². The molecule has 162 valence electrons. The number of hydrogen-bond acceptors (Lipinski definition) is 4. The number of halogens is 3. The van der Waals surface area contributed by atoms with E-state index in [0.29, 0.717) is 27.2 Å². The number of benzene rings is 3. The quantitative estimate of drug-likeness (QED) is 0.183. The Morgan fingerprint density at radius 1 is 1.03 bits per heavy atom. The molecule has 1 amide bonds. The number of nitrogens with one attached hydrogen (secondary N) is 1. The van der Waals surface area contributed by atoms with E-state index in [-0.39, 0.29) is 11.7 Å². The van der Waals surface area contributed by atoms with E-state index in [0.717, 1.165) is 21.8 Å². The van der Waals surface area contributed by atoms with Crippen LogP contribution in [0.4, 0.5) is 0 Å². The summed E-state index contributed by atoms with van der Waals surface area (Å²) in [5.41, 5.74) is 6.15. The molecule has 1 N–H and O–H groups in total. The van der Waals surface area contributed by atoms with Crippen LogP contribution < -0.4 is 5.43 Å². The fourth-order valence-electron chi connectivity index (χ4n) is 3.03. The number of fused-ring (bicyclic) bond motifs is 1. The molecule has 0 aliphatic heterocycles. The second-order valence-electron chi connectivity index (χ2n) is 6.84. The van der Waals surface area contributed by atoms with Crippen LogP contribution in [0.25, 0.3) is 11.0 Å². The lowest BCUT2D eigenvalue weighted by Crippen LogP contribution is -2.20. The van der Waals surface area contributed by atoms with Gasteiger partial charge in [-0.2, -0.15) is 5.10 Å². The summed E-state index contributed by atoms with van der Waals surface area (Å²) in [6.07, 6.45) is 1.48. The topological polar surface area (TPSA) is 59.3 Å². The van der Waals surface area contributed by atoms with E-state index in [2.05, 4.69) is 15.1 Å². The summed E-state index contributed by atoms with van der Waals surface area (Å²) >= 11 is 19.4. The molecule has 0 spiro atoms. The van der Waals surface area contributed by atoms with Crippen LogP contribution in [0.15, 0.2) is 77.0 Å². The molecule has 32 heavy (non-hydrogen) atoms. The van der Waals surface area contributed by atoms with Gasteiger partial charge in [0.25, 0.3) is 5.91 Å². The van der Waals surface area contributed by atoms with Crippen LogP contribution in [-0.2, 0) is 11.3 Å². The first-order valence-electron chi connectivity index (χ1n) is 9.59. The molecule has 0 bridgehead atoms. The number of thioether (sulfide) groups is 1. The van der Waals surface area contributed by atoms with Crippen LogP contribution in [-0.4, -0.2) is 27.4 Å². The maximum Gasteiger partial charge on any atom is 0.250 e. The molecule has 0 aliphatic carbocycles. The number of amides is 1. The van der Waals surface area contributed by atoms with Crippen molar-refractivity contribution in [1.29, 1.82) is 0 Å². The van der Waals surface area contributed by atoms with Gasteiger partial charge in [-0.25, -0.2) is 10.4 Å². The van der Waals surface area contributed by atoms with Crippen molar-refractivity contribution in [3.8, 4) is 0 Å². The van der Waals surface area contributed by atoms with Crippen LogP contribution in [0.5, 0.6) is 0 Å². The van der Waals surface area contributed by atoms with Gasteiger partial charge in [0, 0.05) is 15.6 Å². The van der Waals surface area contributed by atoms with Crippen LogP contribution in [0.1, 0.15) is 11.1 Å². The van der Waals surface area contributed by atoms with Gasteiger partial charge in [0.2, 0.25) is 0 Å². The van der Waals surface area contributed by atoms with Crippen molar-refractivity contribution in [3.05, 3.63) is 92.9 Å². The average molecular weight is 504 g/mol. The third-order valence-corrected chi connectivity index (χ3v) is 6.35. The van der Waals surface area contributed by atoms with Gasteiger partial charge in [0.1, 0.15) is 0 Å². The number of aromatic nitrogens is 2. The summed E-state index contributed by atoms with van der Waals surface area (Å²) in [4.78, 5) is 17.0. The second-order valence-corrected chi connectivity index (χ2v) is 9.07. The van der Waals surface area contributed by atoms with Crippen molar-refractivity contribution in [2.24, 2.45) is 5.10 Å². The summed E-state index contributed by atoms with van der Waals surface area (Å²) in [7, 11) is 0. The third kappa shape index (κ3) is 5.64. The molecule has 3 aromatic carbocycles. The van der Waals surface area contributed by atoms with Gasteiger partial charge >= 0.3 is 0 Å². The number of nitrogens with zero attached hydrogens (tertiary/aromatic N) is 3. The molecule has 4 rings (SSSR count). The van der Waals surface area contributed by atoms with Crippen molar-refractivity contribution >= 4 is 69.7 Å². The standard InChI is InChI=1S/C23H17Cl3N4OS/c24-17-8-5-15(6-9-17)13-30-21-4-2-1-3-20(21)28-23(30)32-14-22(31)29-27-12-16-7-10-18(25)11-19(16)26/h1-12H,13-14H2,(H,29,31)/b27-12-. The minimum Gasteiger partial charge on any atom is -0.314 e. The number of hydrazone groups is 1. The number of imidazole rings is 1. The Hall–Kier alpha value is -2.51. The largest absolute Gasteiger partial charge is 0.314 e. The minimum atomic E-state index is -0.249. The molecule has 5 nitrogen and oxygen atoms in total. The molecule has 0 atom stereocenters. The normalized spacial score (nSPS) is 11.3. The van der Waals surface area contributed by atoms with Crippen molar-refractivity contribution in [3.63, 3.8) is 0 Å². The molecule has 0 saturated carbocycles. The fourth-order valence-corrected chi connectivity index (χ4v) is 4.42. The van der Waals surface area contributed by atoms with E-state index >= 15 is 0 Å². The first-order chi connectivity index (χ1) is 15.5. The van der Waals surface area contributed by atoms with E-state index in [1.807, 2.05) is 48.5 Å². The second kappa shape index (κ2) is 10.4. The van der Waals surface area contributed by atoms with Crippen molar-refractivity contribution in [2.75, 3.05) is 5.75 Å². The summed E-state index contributed by atoms with van der Waals surface area (Å²) in [5, 5.41) is 6.42. The van der Waals surface area contributed by atoms with Gasteiger partial charge in [-0.3, -0.25) is 4.79 Å². The SMILES string of the molecule is O=C(CSc1nc2ccccc2n1Cc1ccc(Cl)cc1)N/N=C\c1ccc(Cl)cc1Cl. The number of rotatable bonds is 7. The third-order valence-electron chi connectivity index (χ3n) is 4.56. The highest BCUT2D eigenvalue weighted by atomic mass is 35.5. The first kappa shape index (κ1) is 22.7. The zero-order valence-corrected chi connectivity index (χ0v) is 19.7. The Labute approximate surface area is 204 Å². The lowest BCUT2D eigenvalue weighted by Gasteiger charge is -2.09. The monoisotopic (exact) mass is 502 g/mol. The highest BCUT2D eigenvalue weighted by Gasteiger charge is 2.13. The molecule has 1 heterocycles. The van der Waals surface area contributed by atoms with Crippen LogP contribution in [0.2, 0.25) is 15.1 Å². The molecular weight excluding hydrogens is 487 g/mol. The first-order valence-corrected chi connectivity index (χ1v) is 11.7. The zero-order chi connectivity index (χ0) is 22.5. The Kier molecular flexibility index (Phi) is 7.37. The molecule has 9 heteroatoms. The predicted molar refractivity (Wildman–Crippen MR) is 133 cm³/mol. The molecule has 0 aliphatic rings. The van der Waals surface area contributed by atoms with Gasteiger partial charge in [0.15, 0.2) is 5.16 Å². The number of hydrogen-bond donors (Lipinski definition) is 1. The number of carbonyl (C=O) groups is 1. The van der Waals surface area contributed by atoms with Gasteiger partial charge in [-0.05, 0) is 42.0 Å². The van der Waals surface area contributed by atoms with Crippen molar-refractivity contribution in [1.82, 2.24) is 15.0 Å². The molecular formula is C23H17Cl3N4OS. The fraction of sp³-hybridized carbons (Fsp3) is 0.0870. The van der Waals surface area contributed by atoms with E-state index in [1.165, 1.54) is 18.0 Å². The highest BCUT2D eigenvalue weighted by molar-refractivity contribution is 7.99. The Morgan fingerprint density at radius 3 is 2.56 bits per heavy atom. The Morgan fingerprint density at radius 2 is 1.78 bits per heavy atom. The van der Waals surface area contributed by atoms with E-state index in [1.54, 1.807) is 18.2 Å². The maximum absolute atomic E-state index is 12.3. The molecule has 0 saturated heterocycles. The smallest absolute Gasteiger partial charge is 0.250 e. The van der Waals surface area contributed by atoms with Gasteiger partial charge in [-0.1, -0.05) is 76.9 Å². The Balaban J connectivity index is 1.44. The average Bonchev–Trinajstić information content (AvgIpc) is 3.13. The molecule has 0 fully saturated rings. The van der Waals surface area contributed by atoms with Gasteiger partial charge < -0.3 is 4.57 Å². The van der Waals surface area contributed by atoms with E-state index in [9.17, 15) is 4.79 Å². The summed E-state index contributed by atoms with van der Waals surface area (Å²) in [6, 6.07) is 20.6. The highest BCUT2D eigenvalue weighted by Crippen LogP contribution is 2.25. The lowest BCUT2D eigenvalue weighted by molar-refractivity contribution is -0.118. The van der Waals surface area contributed by atoms with Crippen LogP contribution >= 0.6 is 46.6 Å². The van der Waals surface area contributed by atoms with Crippen molar-refractivity contribution < 1.29 is 4.79 Å². The van der Waals surface area contributed by atoms with Crippen LogP contribution in [0.3, 0.4) is 0 Å². The summed E-state index contributed by atoms with van der Waals surface area (Å²) in [5.74, 6) is -0.0863. The molecule has 1 aromatic heterocycles. The predicted octanol–water partition coefficient (Wildman–Crippen LogP) is 6.29. The zero-order valence-electron chi connectivity index (χ0n) is 16.6.